The third-order valence-corrected chi connectivity index (χ3v) is 3.29. The van der Waals surface area contributed by atoms with Crippen molar-refractivity contribution < 1.29 is 4.74 Å². The van der Waals surface area contributed by atoms with Gasteiger partial charge in [-0.25, -0.2) is 0 Å². The Kier molecular flexibility index (Phi) is 3.50. The summed E-state index contributed by atoms with van der Waals surface area (Å²) in [5.74, 6) is 0.848. The van der Waals surface area contributed by atoms with Crippen LogP contribution in [0.3, 0.4) is 0 Å². The van der Waals surface area contributed by atoms with E-state index in [1.165, 1.54) is 5.56 Å². The number of para-hydroxylation sites is 3. The number of hydrogen-bond acceptors (Lipinski definition) is 3. The molecule has 3 nitrogen and oxygen atoms in total. The topological polar surface area (TPSA) is 34.1 Å². The molecule has 0 unspecified atom stereocenters. The molecule has 0 amide bonds. The van der Waals surface area contributed by atoms with Crippen LogP contribution in [0.1, 0.15) is 5.56 Å². The first-order valence-electron chi connectivity index (χ1n) is 6.58. The molecule has 3 aromatic rings. The predicted molar refractivity (Wildman–Crippen MR) is 82.1 cm³/mol. The number of anilines is 1. The van der Waals surface area contributed by atoms with Crippen LogP contribution in [0.5, 0.6) is 5.75 Å². The van der Waals surface area contributed by atoms with Crippen molar-refractivity contribution in [1.29, 1.82) is 0 Å². The molecule has 1 heterocycles. The summed E-state index contributed by atoms with van der Waals surface area (Å²) in [5, 5.41) is 4.57. The Morgan fingerprint density at radius 1 is 1.00 bits per heavy atom. The molecule has 0 fully saturated rings. The van der Waals surface area contributed by atoms with Crippen molar-refractivity contribution in [1.82, 2.24) is 4.98 Å². The van der Waals surface area contributed by atoms with Gasteiger partial charge in [-0.3, -0.25) is 4.98 Å². The molecule has 20 heavy (non-hydrogen) atoms. The van der Waals surface area contributed by atoms with E-state index in [-0.39, 0.29) is 0 Å². The quantitative estimate of drug-likeness (QED) is 0.777. The first-order chi connectivity index (χ1) is 9.88. The summed E-state index contributed by atoms with van der Waals surface area (Å²) in [5.41, 5.74) is 3.20. The lowest BCUT2D eigenvalue weighted by Gasteiger charge is -2.11. The van der Waals surface area contributed by atoms with Crippen molar-refractivity contribution in [3.05, 3.63) is 66.4 Å². The molecule has 0 aliphatic heterocycles. The zero-order valence-electron chi connectivity index (χ0n) is 11.3. The summed E-state index contributed by atoms with van der Waals surface area (Å²) in [7, 11) is 1.68. The zero-order chi connectivity index (χ0) is 13.8. The molecule has 0 aliphatic rings. The molecule has 100 valence electrons. The van der Waals surface area contributed by atoms with Gasteiger partial charge in [0.2, 0.25) is 0 Å². The van der Waals surface area contributed by atoms with E-state index in [2.05, 4.69) is 34.6 Å². The molecule has 0 saturated heterocycles. The largest absolute Gasteiger partial charge is 0.495 e. The number of ether oxygens (including phenoxy) is 1. The Labute approximate surface area is 118 Å². The second-order valence-corrected chi connectivity index (χ2v) is 4.55. The summed E-state index contributed by atoms with van der Waals surface area (Å²) in [4.78, 5) is 4.46. The smallest absolute Gasteiger partial charge is 0.141 e. The van der Waals surface area contributed by atoms with Crippen molar-refractivity contribution in [3.63, 3.8) is 0 Å². The van der Waals surface area contributed by atoms with Crippen LogP contribution in [-0.2, 0) is 6.54 Å². The summed E-state index contributed by atoms with van der Waals surface area (Å²) in [6, 6.07) is 18.2. The highest BCUT2D eigenvalue weighted by Gasteiger charge is 2.04. The summed E-state index contributed by atoms with van der Waals surface area (Å²) in [6.45, 7) is 0.717. The van der Waals surface area contributed by atoms with E-state index < -0.39 is 0 Å². The molecular weight excluding hydrogens is 248 g/mol. The molecule has 1 N–H and O–H groups in total. The van der Waals surface area contributed by atoms with Gasteiger partial charge < -0.3 is 10.1 Å². The Bertz CT molecular complexity index is 720. The van der Waals surface area contributed by atoms with Gasteiger partial charge in [-0.15, -0.1) is 0 Å². The predicted octanol–water partition coefficient (Wildman–Crippen LogP) is 3.86. The fourth-order valence-electron chi connectivity index (χ4n) is 2.29. The van der Waals surface area contributed by atoms with Crippen LogP contribution >= 0.6 is 0 Å². The van der Waals surface area contributed by atoms with Crippen LogP contribution in [0.15, 0.2) is 60.8 Å². The van der Waals surface area contributed by atoms with Crippen LogP contribution in [0.25, 0.3) is 10.9 Å². The van der Waals surface area contributed by atoms with Crippen molar-refractivity contribution in [2.24, 2.45) is 0 Å². The van der Waals surface area contributed by atoms with Crippen molar-refractivity contribution >= 4 is 16.6 Å². The standard InChI is InChI=1S/C17H16N2O/c1-20-16-10-3-2-9-15(16)19-12-14-7-4-6-13-8-5-11-18-17(13)14/h2-11,19H,12H2,1H3. The molecule has 0 bridgehead atoms. The van der Waals surface area contributed by atoms with Crippen LogP contribution in [-0.4, -0.2) is 12.1 Å². The lowest BCUT2D eigenvalue weighted by Crippen LogP contribution is -2.02. The molecule has 3 rings (SSSR count). The van der Waals surface area contributed by atoms with E-state index in [0.29, 0.717) is 6.54 Å². The summed E-state index contributed by atoms with van der Waals surface area (Å²) < 4.78 is 5.34. The van der Waals surface area contributed by atoms with Crippen LogP contribution in [0.4, 0.5) is 5.69 Å². The number of rotatable bonds is 4. The monoisotopic (exact) mass is 264 g/mol. The summed E-state index contributed by atoms with van der Waals surface area (Å²) >= 11 is 0. The highest BCUT2D eigenvalue weighted by molar-refractivity contribution is 5.81. The number of pyridine rings is 1. The van der Waals surface area contributed by atoms with Gasteiger partial charge in [-0.1, -0.05) is 36.4 Å². The number of methoxy groups -OCH3 is 1. The van der Waals surface area contributed by atoms with Crippen LogP contribution < -0.4 is 10.1 Å². The molecular formula is C17H16N2O. The number of hydrogen-bond donors (Lipinski definition) is 1. The lowest BCUT2D eigenvalue weighted by atomic mass is 10.1. The van der Waals surface area contributed by atoms with Gasteiger partial charge in [0.1, 0.15) is 5.75 Å². The normalized spacial score (nSPS) is 10.4. The van der Waals surface area contributed by atoms with Gasteiger partial charge in [-0.05, 0) is 23.8 Å². The lowest BCUT2D eigenvalue weighted by molar-refractivity contribution is 0.416. The maximum Gasteiger partial charge on any atom is 0.141 e. The number of benzene rings is 2. The average Bonchev–Trinajstić information content (AvgIpc) is 2.53. The second kappa shape index (κ2) is 5.61. The van der Waals surface area contributed by atoms with Gasteiger partial charge >= 0.3 is 0 Å². The molecule has 3 heteroatoms. The van der Waals surface area contributed by atoms with E-state index in [9.17, 15) is 0 Å². The summed E-state index contributed by atoms with van der Waals surface area (Å²) in [6.07, 6.45) is 1.83. The van der Waals surface area contributed by atoms with E-state index in [4.69, 9.17) is 4.74 Å². The third-order valence-electron chi connectivity index (χ3n) is 3.29. The Hall–Kier alpha value is -2.55. The van der Waals surface area contributed by atoms with E-state index in [0.717, 1.165) is 22.3 Å². The van der Waals surface area contributed by atoms with Crippen molar-refractivity contribution in [3.8, 4) is 5.75 Å². The third kappa shape index (κ3) is 2.43. The molecule has 2 aromatic carbocycles. The number of fused-ring (bicyclic) bond motifs is 1. The van der Waals surface area contributed by atoms with Crippen molar-refractivity contribution in [2.45, 2.75) is 6.54 Å². The van der Waals surface area contributed by atoms with E-state index in [1.807, 2.05) is 36.5 Å². The van der Waals surface area contributed by atoms with Crippen molar-refractivity contribution in [2.75, 3.05) is 12.4 Å². The Balaban J connectivity index is 1.87. The minimum atomic E-state index is 0.717. The fourth-order valence-corrected chi connectivity index (χ4v) is 2.29. The van der Waals surface area contributed by atoms with E-state index in [1.54, 1.807) is 7.11 Å². The molecule has 0 saturated carbocycles. The fraction of sp³-hybridized carbons (Fsp3) is 0.118. The highest BCUT2D eigenvalue weighted by Crippen LogP contribution is 2.24. The molecule has 0 radical (unpaired) electrons. The van der Waals surface area contributed by atoms with Gasteiger partial charge in [0.05, 0.1) is 18.3 Å². The maximum absolute atomic E-state index is 5.34. The number of nitrogens with one attached hydrogen (secondary N) is 1. The zero-order valence-corrected chi connectivity index (χ0v) is 11.3. The average molecular weight is 264 g/mol. The molecule has 1 aromatic heterocycles. The molecule has 0 aliphatic carbocycles. The molecule has 0 atom stereocenters. The maximum atomic E-state index is 5.34. The Morgan fingerprint density at radius 2 is 1.85 bits per heavy atom. The van der Waals surface area contributed by atoms with Gasteiger partial charge in [-0.2, -0.15) is 0 Å². The highest BCUT2D eigenvalue weighted by atomic mass is 16.5. The second-order valence-electron chi connectivity index (χ2n) is 4.55. The van der Waals surface area contributed by atoms with Gasteiger partial charge in [0.25, 0.3) is 0 Å². The SMILES string of the molecule is COc1ccccc1NCc1cccc2cccnc12. The first kappa shape index (κ1) is 12.5. The van der Waals surface area contributed by atoms with E-state index >= 15 is 0 Å². The minimum absolute atomic E-state index is 0.717. The van der Waals surface area contributed by atoms with Crippen LogP contribution in [0, 0.1) is 0 Å². The number of nitrogens with zero attached hydrogens (tertiary/aromatic N) is 1. The Morgan fingerprint density at radius 3 is 2.75 bits per heavy atom. The minimum Gasteiger partial charge on any atom is -0.495 e. The number of aromatic nitrogens is 1. The molecule has 0 spiro atoms. The van der Waals surface area contributed by atoms with Gasteiger partial charge in [0, 0.05) is 18.1 Å². The van der Waals surface area contributed by atoms with Gasteiger partial charge in [0.15, 0.2) is 0 Å². The first-order valence-corrected chi connectivity index (χ1v) is 6.58. The van der Waals surface area contributed by atoms with Crippen LogP contribution in [0.2, 0.25) is 0 Å².